The lowest BCUT2D eigenvalue weighted by atomic mass is 10.1. The van der Waals surface area contributed by atoms with E-state index in [4.69, 9.17) is 10.00 Å². The Morgan fingerprint density at radius 1 is 0.875 bits per heavy atom. The van der Waals surface area contributed by atoms with E-state index < -0.39 is 0 Å². The predicted molar refractivity (Wildman–Crippen MR) is 124 cm³/mol. The van der Waals surface area contributed by atoms with E-state index in [9.17, 15) is 4.79 Å². The maximum Gasteiger partial charge on any atom is 0.238 e. The van der Waals surface area contributed by atoms with Gasteiger partial charge in [-0.15, -0.1) is 0 Å². The summed E-state index contributed by atoms with van der Waals surface area (Å²) in [6.45, 7) is 4.69. The fourth-order valence-corrected chi connectivity index (χ4v) is 3.72. The Balaban J connectivity index is 1.26. The van der Waals surface area contributed by atoms with Crippen LogP contribution in [0, 0.1) is 11.3 Å². The monoisotopic (exact) mass is 426 g/mol. The first kappa shape index (κ1) is 21.6. The average molecular weight is 427 g/mol. The van der Waals surface area contributed by atoms with Crippen molar-refractivity contribution in [3.8, 4) is 17.6 Å². The first-order valence-electron chi connectivity index (χ1n) is 10.7. The first-order valence-corrected chi connectivity index (χ1v) is 10.7. The van der Waals surface area contributed by atoms with Crippen LogP contribution in [-0.4, -0.2) is 48.4 Å². The Hall–Kier alpha value is -3.66. The van der Waals surface area contributed by atoms with Gasteiger partial charge in [0.2, 0.25) is 5.91 Å². The van der Waals surface area contributed by atoms with Crippen LogP contribution in [0.5, 0.6) is 11.5 Å². The molecular formula is C26H26N4O2. The van der Waals surface area contributed by atoms with Gasteiger partial charge in [0.15, 0.2) is 5.75 Å². The number of amides is 1. The van der Waals surface area contributed by atoms with Gasteiger partial charge in [0, 0.05) is 32.7 Å². The zero-order chi connectivity index (χ0) is 22.2. The van der Waals surface area contributed by atoms with Crippen molar-refractivity contribution in [2.75, 3.05) is 38.0 Å². The third kappa shape index (κ3) is 5.94. The molecule has 0 bridgehead atoms. The number of ether oxygens (including phenoxy) is 1. The summed E-state index contributed by atoms with van der Waals surface area (Å²) in [4.78, 5) is 17.2. The second-order valence-corrected chi connectivity index (χ2v) is 7.82. The summed E-state index contributed by atoms with van der Waals surface area (Å²) in [7, 11) is 0. The van der Waals surface area contributed by atoms with Gasteiger partial charge in [-0.05, 0) is 42.0 Å². The fraction of sp³-hybridized carbons (Fsp3) is 0.231. The molecule has 0 spiro atoms. The lowest BCUT2D eigenvalue weighted by molar-refractivity contribution is -0.117. The summed E-state index contributed by atoms with van der Waals surface area (Å²) < 4.78 is 5.93. The van der Waals surface area contributed by atoms with Crippen LogP contribution in [0.3, 0.4) is 0 Å². The van der Waals surface area contributed by atoms with Crippen LogP contribution in [-0.2, 0) is 11.3 Å². The minimum Gasteiger partial charge on any atom is -0.455 e. The number of para-hydroxylation sites is 3. The van der Waals surface area contributed by atoms with Crippen LogP contribution >= 0.6 is 0 Å². The molecule has 3 aromatic rings. The molecule has 0 radical (unpaired) electrons. The van der Waals surface area contributed by atoms with Crippen molar-refractivity contribution in [1.29, 1.82) is 5.26 Å². The molecule has 0 atom stereocenters. The number of benzene rings is 3. The van der Waals surface area contributed by atoms with E-state index in [1.54, 1.807) is 0 Å². The molecule has 1 aliphatic rings. The van der Waals surface area contributed by atoms with Gasteiger partial charge in [-0.25, -0.2) is 0 Å². The number of rotatable bonds is 7. The van der Waals surface area contributed by atoms with Crippen molar-refractivity contribution in [3.63, 3.8) is 0 Å². The molecule has 0 aliphatic carbocycles. The number of carbonyl (C=O) groups is 1. The molecule has 6 nitrogen and oxygen atoms in total. The van der Waals surface area contributed by atoms with E-state index in [1.807, 2.05) is 78.9 Å². The molecule has 32 heavy (non-hydrogen) atoms. The number of nitriles is 1. The SMILES string of the molecule is N#Cc1ccc(CN2CCN(CC(=O)Nc3ccccc3Oc3ccccc3)CC2)cc1. The third-order valence-electron chi connectivity index (χ3n) is 5.45. The van der Waals surface area contributed by atoms with Crippen molar-refractivity contribution in [2.45, 2.75) is 6.54 Å². The summed E-state index contributed by atoms with van der Waals surface area (Å²) in [5.74, 6) is 1.31. The van der Waals surface area contributed by atoms with Crippen LogP contribution in [0.1, 0.15) is 11.1 Å². The van der Waals surface area contributed by atoms with E-state index in [0.29, 0.717) is 23.5 Å². The maximum atomic E-state index is 12.7. The molecular weight excluding hydrogens is 400 g/mol. The molecule has 1 N–H and O–H groups in total. The molecule has 1 aliphatic heterocycles. The van der Waals surface area contributed by atoms with Crippen LogP contribution in [0.15, 0.2) is 78.9 Å². The van der Waals surface area contributed by atoms with Crippen molar-refractivity contribution < 1.29 is 9.53 Å². The van der Waals surface area contributed by atoms with E-state index in [1.165, 1.54) is 5.56 Å². The molecule has 1 heterocycles. The number of anilines is 1. The number of carbonyl (C=O) groups excluding carboxylic acids is 1. The molecule has 1 saturated heterocycles. The number of hydrogen-bond acceptors (Lipinski definition) is 5. The van der Waals surface area contributed by atoms with E-state index in [0.717, 1.165) is 38.5 Å². The Kier molecular flexibility index (Phi) is 7.13. The van der Waals surface area contributed by atoms with Gasteiger partial charge in [0.05, 0.1) is 23.9 Å². The molecule has 1 amide bonds. The largest absolute Gasteiger partial charge is 0.455 e. The van der Waals surface area contributed by atoms with Crippen molar-refractivity contribution in [3.05, 3.63) is 90.0 Å². The quantitative estimate of drug-likeness (QED) is 0.616. The van der Waals surface area contributed by atoms with Gasteiger partial charge in [-0.1, -0.05) is 42.5 Å². The highest BCUT2D eigenvalue weighted by atomic mass is 16.5. The Morgan fingerprint density at radius 2 is 1.53 bits per heavy atom. The normalized spacial score (nSPS) is 14.5. The lowest BCUT2D eigenvalue weighted by Gasteiger charge is -2.34. The van der Waals surface area contributed by atoms with Crippen molar-refractivity contribution in [1.82, 2.24) is 9.80 Å². The van der Waals surface area contributed by atoms with Crippen LogP contribution < -0.4 is 10.1 Å². The van der Waals surface area contributed by atoms with Gasteiger partial charge < -0.3 is 10.1 Å². The fourth-order valence-electron chi connectivity index (χ4n) is 3.72. The maximum absolute atomic E-state index is 12.7. The molecule has 4 rings (SSSR count). The molecule has 162 valence electrons. The number of hydrogen-bond donors (Lipinski definition) is 1. The topological polar surface area (TPSA) is 68.6 Å². The molecule has 0 saturated carbocycles. The molecule has 0 unspecified atom stereocenters. The highest BCUT2D eigenvalue weighted by molar-refractivity contribution is 5.93. The van der Waals surface area contributed by atoms with E-state index >= 15 is 0 Å². The van der Waals surface area contributed by atoms with E-state index in [-0.39, 0.29) is 5.91 Å². The first-order chi connectivity index (χ1) is 15.7. The van der Waals surface area contributed by atoms with Gasteiger partial charge >= 0.3 is 0 Å². The standard InChI is InChI=1S/C26H26N4O2/c27-18-21-10-12-22(13-11-21)19-29-14-16-30(17-15-29)20-26(31)28-24-8-4-5-9-25(24)32-23-6-2-1-3-7-23/h1-13H,14-17,19-20H2,(H,28,31). The van der Waals surface area contributed by atoms with Gasteiger partial charge in [-0.3, -0.25) is 14.6 Å². The second-order valence-electron chi connectivity index (χ2n) is 7.82. The van der Waals surface area contributed by atoms with Gasteiger partial charge in [-0.2, -0.15) is 5.26 Å². The van der Waals surface area contributed by atoms with Crippen molar-refractivity contribution >= 4 is 11.6 Å². The minimum atomic E-state index is -0.0466. The molecule has 6 heteroatoms. The molecule has 0 aromatic heterocycles. The summed E-state index contributed by atoms with van der Waals surface area (Å²) in [5, 5.41) is 11.9. The average Bonchev–Trinajstić information content (AvgIpc) is 2.83. The van der Waals surface area contributed by atoms with Crippen LogP contribution in [0.2, 0.25) is 0 Å². The predicted octanol–water partition coefficient (Wildman–Crippen LogP) is 4.11. The highest BCUT2D eigenvalue weighted by Crippen LogP contribution is 2.29. The zero-order valence-electron chi connectivity index (χ0n) is 17.9. The minimum absolute atomic E-state index is 0.0466. The van der Waals surface area contributed by atoms with E-state index in [2.05, 4.69) is 21.2 Å². The Labute approximate surface area is 188 Å². The number of nitrogens with one attached hydrogen (secondary N) is 1. The summed E-state index contributed by atoms with van der Waals surface area (Å²) in [5.41, 5.74) is 2.55. The van der Waals surface area contributed by atoms with Gasteiger partial charge in [0.25, 0.3) is 0 Å². The summed E-state index contributed by atoms with van der Waals surface area (Å²) in [6, 6.07) is 26.9. The smallest absolute Gasteiger partial charge is 0.238 e. The van der Waals surface area contributed by atoms with Gasteiger partial charge in [0.1, 0.15) is 5.75 Å². The highest BCUT2D eigenvalue weighted by Gasteiger charge is 2.19. The second kappa shape index (κ2) is 10.6. The molecule has 1 fully saturated rings. The number of nitrogens with zero attached hydrogens (tertiary/aromatic N) is 3. The summed E-state index contributed by atoms with van der Waals surface area (Å²) >= 11 is 0. The third-order valence-corrected chi connectivity index (χ3v) is 5.45. The van der Waals surface area contributed by atoms with Crippen LogP contribution in [0.25, 0.3) is 0 Å². The Bertz CT molecular complexity index is 1070. The summed E-state index contributed by atoms with van der Waals surface area (Å²) in [6.07, 6.45) is 0. The van der Waals surface area contributed by atoms with Crippen molar-refractivity contribution in [2.24, 2.45) is 0 Å². The van der Waals surface area contributed by atoms with Crippen LogP contribution in [0.4, 0.5) is 5.69 Å². The lowest BCUT2D eigenvalue weighted by Crippen LogP contribution is -2.48. The zero-order valence-corrected chi connectivity index (χ0v) is 17.9. The number of piperazine rings is 1. The Morgan fingerprint density at radius 3 is 2.25 bits per heavy atom. The molecule has 3 aromatic carbocycles.